The lowest BCUT2D eigenvalue weighted by Crippen LogP contribution is -2.57. The van der Waals surface area contributed by atoms with Crippen molar-refractivity contribution in [1.82, 2.24) is 4.90 Å². The number of ether oxygens (including phenoxy) is 2. The molecule has 0 fully saturated rings. The lowest BCUT2D eigenvalue weighted by molar-refractivity contribution is -0.186. The highest BCUT2D eigenvalue weighted by molar-refractivity contribution is 6.07. The second kappa shape index (κ2) is 12.3. The molecule has 193 valence electrons. The number of halogens is 3. The van der Waals surface area contributed by atoms with Gasteiger partial charge in [0.15, 0.2) is 5.78 Å². The SMILES string of the molecule is [CH2]c1ccccc1C(=O)[C@H](C(C)OCc1ccccc1)N(C(=O)OCc1ccccc1)C(=O)C(F)(F)F. The van der Waals surface area contributed by atoms with Crippen LogP contribution in [0.3, 0.4) is 0 Å². The molecule has 6 nitrogen and oxygen atoms in total. The molecule has 3 rings (SSSR count). The van der Waals surface area contributed by atoms with E-state index < -0.39 is 42.7 Å². The molecule has 9 heteroatoms. The number of carbonyl (C=O) groups is 3. The highest BCUT2D eigenvalue weighted by Gasteiger charge is 2.51. The van der Waals surface area contributed by atoms with Gasteiger partial charge in [-0.1, -0.05) is 84.9 Å². The molecule has 0 spiro atoms. The Morgan fingerprint density at radius 1 is 0.838 bits per heavy atom. The van der Waals surface area contributed by atoms with Gasteiger partial charge in [-0.05, 0) is 30.5 Å². The molecule has 0 aliphatic carbocycles. The van der Waals surface area contributed by atoms with Crippen molar-refractivity contribution in [3.63, 3.8) is 0 Å². The number of amides is 2. The van der Waals surface area contributed by atoms with Gasteiger partial charge < -0.3 is 9.47 Å². The molecule has 0 saturated carbocycles. The maximum Gasteiger partial charge on any atom is 0.471 e. The number of hydrogen-bond acceptors (Lipinski definition) is 5. The molecule has 1 unspecified atom stereocenters. The standard InChI is InChI=1S/C28H25F3NO5/c1-19-11-9-10-16-23(19)25(33)24(20(2)36-17-21-12-5-3-6-13-21)32(26(34)28(29,30)31)27(35)37-18-22-14-7-4-8-15-22/h3-16,20,24H,1,17-18H2,2H3/t20?,24-/m0/s1. The second-order valence-electron chi connectivity index (χ2n) is 8.18. The first-order valence-corrected chi connectivity index (χ1v) is 11.3. The highest BCUT2D eigenvalue weighted by Crippen LogP contribution is 2.26. The molecule has 2 atom stereocenters. The average Bonchev–Trinajstić information content (AvgIpc) is 2.89. The summed E-state index contributed by atoms with van der Waals surface area (Å²) < 4.78 is 51.8. The van der Waals surface area contributed by atoms with Crippen LogP contribution in [0.2, 0.25) is 0 Å². The molecule has 3 aromatic carbocycles. The fourth-order valence-electron chi connectivity index (χ4n) is 3.60. The van der Waals surface area contributed by atoms with Crippen LogP contribution in [0.5, 0.6) is 0 Å². The van der Waals surface area contributed by atoms with Gasteiger partial charge in [-0.3, -0.25) is 9.59 Å². The Bertz CT molecular complexity index is 1220. The van der Waals surface area contributed by atoms with Gasteiger partial charge in [-0.25, -0.2) is 9.69 Å². The van der Waals surface area contributed by atoms with E-state index in [1.807, 2.05) is 0 Å². The Labute approximate surface area is 212 Å². The molecule has 2 amide bonds. The van der Waals surface area contributed by atoms with E-state index >= 15 is 0 Å². The van der Waals surface area contributed by atoms with Crippen molar-refractivity contribution in [3.8, 4) is 0 Å². The first kappa shape index (κ1) is 27.6. The van der Waals surface area contributed by atoms with E-state index in [1.165, 1.54) is 25.1 Å². The van der Waals surface area contributed by atoms with Crippen molar-refractivity contribution in [2.24, 2.45) is 0 Å². The zero-order chi connectivity index (χ0) is 27.0. The number of Topliss-reactive ketones (excluding diaryl/α,β-unsaturated/α-hetero) is 1. The smallest absolute Gasteiger partial charge is 0.444 e. The Morgan fingerprint density at radius 3 is 1.89 bits per heavy atom. The highest BCUT2D eigenvalue weighted by atomic mass is 19.4. The minimum Gasteiger partial charge on any atom is -0.444 e. The molecule has 0 N–H and O–H groups in total. The lowest BCUT2D eigenvalue weighted by Gasteiger charge is -2.33. The van der Waals surface area contributed by atoms with Gasteiger partial charge in [-0.15, -0.1) is 0 Å². The minimum absolute atomic E-state index is 0.0569. The number of carbonyl (C=O) groups excluding carboxylic acids is 3. The molecular formula is C28H25F3NO5. The third-order valence-corrected chi connectivity index (χ3v) is 5.49. The first-order chi connectivity index (χ1) is 17.6. The van der Waals surface area contributed by atoms with Gasteiger partial charge in [0.1, 0.15) is 12.6 Å². The molecule has 1 radical (unpaired) electrons. The van der Waals surface area contributed by atoms with Gasteiger partial charge in [0.2, 0.25) is 0 Å². The molecular weight excluding hydrogens is 487 g/mol. The molecule has 37 heavy (non-hydrogen) atoms. The maximum absolute atomic E-state index is 13.7. The molecule has 0 heterocycles. The van der Waals surface area contributed by atoms with Crippen LogP contribution in [0.4, 0.5) is 18.0 Å². The van der Waals surface area contributed by atoms with Crippen molar-refractivity contribution < 1.29 is 37.0 Å². The van der Waals surface area contributed by atoms with Crippen molar-refractivity contribution in [2.45, 2.75) is 38.5 Å². The summed E-state index contributed by atoms with van der Waals surface area (Å²) in [6.07, 6.45) is -8.42. The van der Waals surface area contributed by atoms with Gasteiger partial charge in [0, 0.05) is 5.56 Å². The summed E-state index contributed by atoms with van der Waals surface area (Å²) in [7, 11) is 0. The second-order valence-corrected chi connectivity index (χ2v) is 8.18. The summed E-state index contributed by atoms with van der Waals surface area (Å²) in [5, 5.41) is 0. The van der Waals surface area contributed by atoms with E-state index in [0.717, 1.165) is 0 Å². The third kappa shape index (κ3) is 7.27. The molecule has 0 aromatic heterocycles. The zero-order valence-electron chi connectivity index (χ0n) is 20.0. The summed E-state index contributed by atoms with van der Waals surface area (Å²) in [4.78, 5) is 38.9. The Morgan fingerprint density at radius 2 is 1.35 bits per heavy atom. The first-order valence-electron chi connectivity index (χ1n) is 11.3. The van der Waals surface area contributed by atoms with E-state index in [4.69, 9.17) is 9.47 Å². The maximum atomic E-state index is 13.7. The number of alkyl halides is 3. The molecule has 0 aliphatic rings. The van der Waals surface area contributed by atoms with Gasteiger partial charge in [0.25, 0.3) is 0 Å². The topological polar surface area (TPSA) is 72.9 Å². The van der Waals surface area contributed by atoms with Crippen LogP contribution < -0.4 is 0 Å². The van der Waals surface area contributed by atoms with Crippen molar-refractivity contribution >= 4 is 17.8 Å². The Hall–Kier alpha value is -3.98. The number of benzene rings is 3. The molecule has 3 aromatic rings. The molecule has 0 aliphatic heterocycles. The van der Waals surface area contributed by atoms with Crippen LogP contribution in [0.1, 0.15) is 34.0 Å². The summed E-state index contributed by atoms with van der Waals surface area (Å²) in [5.41, 5.74) is 1.32. The van der Waals surface area contributed by atoms with Crippen molar-refractivity contribution in [3.05, 3.63) is 114 Å². The van der Waals surface area contributed by atoms with Crippen molar-refractivity contribution in [1.29, 1.82) is 0 Å². The van der Waals surface area contributed by atoms with Gasteiger partial charge >= 0.3 is 18.2 Å². The fourth-order valence-corrected chi connectivity index (χ4v) is 3.60. The molecule has 0 bridgehead atoms. The average molecular weight is 513 g/mol. The number of hydrogen-bond donors (Lipinski definition) is 0. The summed E-state index contributed by atoms with van der Waals surface area (Å²) in [5.74, 6) is -3.49. The van der Waals surface area contributed by atoms with Gasteiger partial charge in [-0.2, -0.15) is 13.2 Å². The number of ketones is 1. The van der Waals surface area contributed by atoms with Crippen LogP contribution in [-0.4, -0.2) is 41.0 Å². The Balaban J connectivity index is 1.99. The quantitative estimate of drug-likeness (QED) is 0.341. The van der Waals surface area contributed by atoms with Crippen LogP contribution in [-0.2, 0) is 27.5 Å². The Kier molecular flexibility index (Phi) is 9.19. The van der Waals surface area contributed by atoms with E-state index in [1.54, 1.807) is 66.7 Å². The predicted molar refractivity (Wildman–Crippen MR) is 129 cm³/mol. The number of rotatable bonds is 9. The summed E-state index contributed by atoms with van der Waals surface area (Å²) in [6, 6.07) is 20.9. The number of imide groups is 1. The van der Waals surface area contributed by atoms with Crippen LogP contribution in [0.25, 0.3) is 0 Å². The van der Waals surface area contributed by atoms with E-state index in [2.05, 4.69) is 6.92 Å². The third-order valence-electron chi connectivity index (χ3n) is 5.49. The zero-order valence-corrected chi connectivity index (χ0v) is 20.0. The van der Waals surface area contributed by atoms with Crippen molar-refractivity contribution in [2.75, 3.05) is 0 Å². The monoisotopic (exact) mass is 512 g/mol. The largest absolute Gasteiger partial charge is 0.471 e. The normalized spacial score (nSPS) is 12.9. The fraction of sp³-hybridized carbons (Fsp3) is 0.214. The lowest BCUT2D eigenvalue weighted by atomic mass is 9.95. The van der Waals surface area contributed by atoms with Crippen LogP contribution in [0.15, 0.2) is 84.9 Å². The van der Waals surface area contributed by atoms with Gasteiger partial charge in [0.05, 0.1) is 12.7 Å². The minimum atomic E-state index is -5.46. The summed E-state index contributed by atoms with van der Waals surface area (Å²) >= 11 is 0. The summed E-state index contributed by atoms with van der Waals surface area (Å²) in [6.45, 7) is 4.58. The van der Waals surface area contributed by atoms with E-state index in [0.29, 0.717) is 11.1 Å². The van der Waals surface area contributed by atoms with Crippen LogP contribution >= 0.6 is 0 Å². The number of nitrogens with zero attached hydrogens (tertiary/aromatic N) is 1. The van der Waals surface area contributed by atoms with E-state index in [9.17, 15) is 27.6 Å². The van der Waals surface area contributed by atoms with Crippen LogP contribution in [0, 0.1) is 6.92 Å². The van der Waals surface area contributed by atoms with E-state index in [-0.39, 0.29) is 22.6 Å². The molecule has 0 saturated heterocycles. The predicted octanol–water partition coefficient (Wildman–Crippen LogP) is 5.75.